The number of rotatable bonds is 3. The van der Waals surface area contributed by atoms with Crippen molar-refractivity contribution in [2.24, 2.45) is 0 Å². The van der Waals surface area contributed by atoms with Gasteiger partial charge in [-0.25, -0.2) is 4.39 Å². The summed E-state index contributed by atoms with van der Waals surface area (Å²) in [5.41, 5.74) is 1.48. The molecule has 17 heavy (non-hydrogen) atoms. The molecule has 0 bridgehead atoms. The zero-order valence-electron chi connectivity index (χ0n) is 8.88. The maximum atomic E-state index is 13.5. The van der Waals surface area contributed by atoms with E-state index in [9.17, 15) is 4.39 Å². The molecule has 0 radical (unpaired) electrons. The maximum Gasteiger partial charge on any atom is 0.128 e. The van der Waals surface area contributed by atoms with Gasteiger partial charge in [0.2, 0.25) is 0 Å². The highest BCUT2D eigenvalue weighted by Crippen LogP contribution is 2.19. The Morgan fingerprint density at radius 3 is 2.76 bits per heavy atom. The second kappa shape index (κ2) is 5.52. The summed E-state index contributed by atoms with van der Waals surface area (Å²) < 4.78 is 14.3. The second-order valence-corrected chi connectivity index (χ2v) is 4.95. The highest BCUT2D eigenvalue weighted by molar-refractivity contribution is 9.10. The van der Waals surface area contributed by atoms with Gasteiger partial charge in [0.15, 0.2) is 0 Å². The van der Waals surface area contributed by atoms with Crippen molar-refractivity contribution in [2.45, 2.75) is 6.54 Å². The Morgan fingerprint density at radius 2 is 2.00 bits per heavy atom. The molecule has 0 fully saturated rings. The van der Waals surface area contributed by atoms with Crippen molar-refractivity contribution >= 4 is 33.2 Å². The number of hydrogen-bond acceptors (Lipinski definition) is 1. The van der Waals surface area contributed by atoms with E-state index in [1.807, 2.05) is 12.1 Å². The third kappa shape index (κ3) is 3.45. The van der Waals surface area contributed by atoms with E-state index in [0.717, 1.165) is 10.2 Å². The number of benzene rings is 2. The molecule has 4 heteroatoms. The normalized spacial score (nSPS) is 10.3. The number of nitrogens with one attached hydrogen (secondary N) is 1. The van der Waals surface area contributed by atoms with Crippen molar-refractivity contribution < 1.29 is 4.39 Å². The van der Waals surface area contributed by atoms with Crippen LogP contribution in [0, 0.1) is 5.82 Å². The molecule has 0 spiro atoms. The first-order chi connectivity index (χ1) is 8.15. The van der Waals surface area contributed by atoms with E-state index in [-0.39, 0.29) is 5.82 Å². The molecule has 1 N–H and O–H groups in total. The predicted molar refractivity (Wildman–Crippen MR) is 72.9 cm³/mol. The van der Waals surface area contributed by atoms with Crippen LogP contribution in [0.5, 0.6) is 0 Å². The Bertz CT molecular complexity index is 531. The van der Waals surface area contributed by atoms with Crippen LogP contribution in [0.2, 0.25) is 5.02 Å². The van der Waals surface area contributed by atoms with Crippen LogP contribution >= 0.6 is 27.5 Å². The van der Waals surface area contributed by atoms with Crippen molar-refractivity contribution in [3.63, 3.8) is 0 Å². The van der Waals surface area contributed by atoms with Gasteiger partial charge in [-0.3, -0.25) is 0 Å². The van der Waals surface area contributed by atoms with Crippen LogP contribution in [0.15, 0.2) is 46.9 Å². The SMILES string of the molecule is Fc1ccc(Br)cc1CNc1cccc(Cl)c1. The highest BCUT2D eigenvalue weighted by atomic mass is 79.9. The average molecular weight is 315 g/mol. The molecule has 2 aromatic rings. The first kappa shape index (κ1) is 12.4. The minimum absolute atomic E-state index is 0.220. The van der Waals surface area contributed by atoms with Crippen molar-refractivity contribution in [3.8, 4) is 0 Å². The van der Waals surface area contributed by atoms with Crippen molar-refractivity contribution in [1.82, 2.24) is 0 Å². The molecule has 88 valence electrons. The van der Waals surface area contributed by atoms with Crippen LogP contribution < -0.4 is 5.32 Å². The monoisotopic (exact) mass is 313 g/mol. The predicted octanol–water partition coefficient (Wildman–Crippen LogP) is 4.85. The molecule has 0 amide bonds. The quantitative estimate of drug-likeness (QED) is 0.853. The molecule has 0 aliphatic heterocycles. The van der Waals surface area contributed by atoms with E-state index >= 15 is 0 Å². The van der Waals surface area contributed by atoms with Crippen LogP contribution in [0.1, 0.15) is 5.56 Å². The highest BCUT2D eigenvalue weighted by Gasteiger charge is 2.02. The summed E-state index contributed by atoms with van der Waals surface area (Å²) >= 11 is 9.18. The fourth-order valence-electron chi connectivity index (χ4n) is 1.47. The van der Waals surface area contributed by atoms with Crippen LogP contribution in [-0.2, 0) is 6.54 Å². The lowest BCUT2D eigenvalue weighted by atomic mass is 10.2. The van der Waals surface area contributed by atoms with Crippen LogP contribution in [-0.4, -0.2) is 0 Å². The molecule has 0 aliphatic rings. The smallest absolute Gasteiger partial charge is 0.128 e. The maximum absolute atomic E-state index is 13.5. The standard InChI is InChI=1S/C13H10BrClFN/c14-10-4-5-13(16)9(6-10)8-17-12-3-1-2-11(15)7-12/h1-7,17H,8H2. The molecule has 0 aliphatic carbocycles. The largest absolute Gasteiger partial charge is 0.381 e. The number of halogens is 3. The fraction of sp³-hybridized carbons (Fsp3) is 0.0769. The zero-order chi connectivity index (χ0) is 12.3. The van der Waals surface area contributed by atoms with Crippen molar-refractivity contribution in [2.75, 3.05) is 5.32 Å². The third-order valence-electron chi connectivity index (χ3n) is 2.32. The zero-order valence-corrected chi connectivity index (χ0v) is 11.2. The van der Waals surface area contributed by atoms with Gasteiger partial charge in [0.1, 0.15) is 5.82 Å². The van der Waals surface area contributed by atoms with Gasteiger partial charge in [-0.15, -0.1) is 0 Å². The Hall–Kier alpha value is -1.06. The summed E-state index contributed by atoms with van der Waals surface area (Å²) in [5, 5.41) is 3.78. The van der Waals surface area contributed by atoms with E-state index in [2.05, 4.69) is 21.2 Å². The Labute approximate surface area is 113 Å². The minimum Gasteiger partial charge on any atom is -0.381 e. The molecule has 0 atom stereocenters. The lowest BCUT2D eigenvalue weighted by Gasteiger charge is -2.08. The van der Waals surface area contributed by atoms with Crippen LogP contribution in [0.25, 0.3) is 0 Å². The van der Waals surface area contributed by atoms with Gasteiger partial charge < -0.3 is 5.32 Å². The molecule has 2 rings (SSSR count). The summed E-state index contributed by atoms with van der Waals surface area (Å²) in [6.07, 6.45) is 0. The molecular weight excluding hydrogens is 305 g/mol. The fourth-order valence-corrected chi connectivity index (χ4v) is 2.07. The van der Waals surface area contributed by atoms with Crippen molar-refractivity contribution in [1.29, 1.82) is 0 Å². The lowest BCUT2D eigenvalue weighted by molar-refractivity contribution is 0.612. The average Bonchev–Trinajstić information content (AvgIpc) is 2.30. The topological polar surface area (TPSA) is 12.0 Å². The molecular formula is C13H10BrClFN. The summed E-state index contributed by atoms with van der Waals surface area (Å²) in [7, 11) is 0. The Balaban J connectivity index is 2.09. The molecule has 0 heterocycles. The number of anilines is 1. The van der Waals surface area contributed by atoms with Gasteiger partial charge in [0, 0.05) is 27.3 Å². The van der Waals surface area contributed by atoms with Gasteiger partial charge in [-0.1, -0.05) is 33.6 Å². The Kier molecular flexibility index (Phi) is 4.02. The summed E-state index contributed by atoms with van der Waals surface area (Å²) in [4.78, 5) is 0. The van der Waals surface area contributed by atoms with Gasteiger partial charge >= 0.3 is 0 Å². The van der Waals surface area contributed by atoms with Gasteiger partial charge in [-0.05, 0) is 36.4 Å². The molecule has 0 saturated heterocycles. The van der Waals surface area contributed by atoms with Crippen LogP contribution in [0.4, 0.5) is 10.1 Å². The summed E-state index contributed by atoms with van der Waals surface area (Å²) in [5.74, 6) is -0.220. The minimum atomic E-state index is -0.220. The van der Waals surface area contributed by atoms with E-state index < -0.39 is 0 Å². The summed E-state index contributed by atoms with van der Waals surface area (Å²) in [6, 6.07) is 12.2. The molecule has 0 aromatic heterocycles. The molecule has 2 aromatic carbocycles. The van der Waals surface area contributed by atoms with E-state index in [4.69, 9.17) is 11.6 Å². The van der Waals surface area contributed by atoms with Crippen molar-refractivity contribution in [3.05, 3.63) is 63.3 Å². The van der Waals surface area contributed by atoms with E-state index in [0.29, 0.717) is 17.1 Å². The van der Waals surface area contributed by atoms with Gasteiger partial charge in [-0.2, -0.15) is 0 Å². The second-order valence-electron chi connectivity index (χ2n) is 3.60. The van der Waals surface area contributed by atoms with E-state index in [1.165, 1.54) is 6.07 Å². The van der Waals surface area contributed by atoms with Crippen LogP contribution in [0.3, 0.4) is 0 Å². The molecule has 0 unspecified atom stereocenters. The van der Waals surface area contributed by atoms with Gasteiger partial charge in [0.05, 0.1) is 0 Å². The number of hydrogen-bond donors (Lipinski definition) is 1. The third-order valence-corrected chi connectivity index (χ3v) is 3.04. The van der Waals surface area contributed by atoms with Gasteiger partial charge in [0.25, 0.3) is 0 Å². The van der Waals surface area contributed by atoms with E-state index in [1.54, 1.807) is 24.3 Å². The Morgan fingerprint density at radius 1 is 1.18 bits per heavy atom. The molecule has 1 nitrogen and oxygen atoms in total. The first-order valence-electron chi connectivity index (χ1n) is 5.08. The summed E-state index contributed by atoms with van der Waals surface area (Å²) in [6.45, 7) is 0.422. The first-order valence-corrected chi connectivity index (χ1v) is 6.25. The lowest BCUT2D eigenvalue weighted by Crippen LogP contribution is -2.01. The molecule has 0 saturated carbocycles.